The van der Waals surface area contributed by atoms with Crippen LogP contribution < -0.4 is 10.6 Å². The monoisotopic (exact) mass is 299 g/mol. The number of carbonyl (C=O) groups excluding carboxylic acids is 2. The van der Waals surface area contributed by atoms with Crippen molar-refractivity contribution < 1.29 is 19.5 Å². The lowest BCUT2D eigenvalue weighted by Gasteiger charge is -2.34. The maximum absolute atomic E-state index is 12.2. The van der Waals surface area contributed by atoms with E-state index in [1.165, 1.54) is 4.90 Å². The van der Waals surface area contributed by atoms with Crippen LogP contribution >= 0.6 is 0 Å². The minimum Gasteiger partial charge on any atom is -0.479 e. The standard InChI is InChI=1S/C14H25N3O4/c1-4-6-14(12(19)20)7-5-8-17(14)13(21)15-9-11(18)16-10(2)3/h10H,4-9H2,1-3H3,(H,15,21)(H,16,18)(H,19,20). The van der Waals surface area contributed by atoms with Crippen LogP contribution in [0.2, 0.25) is 0 Å². The number of carboxylic acid groups (broad SMARTS) is 1. The second-order valence-corrected chi connectivity index (χ2v) is 5.72. The molecule has 3 N–H and O–H groups in total. The van der Waals surface area contributed by atoms with Gasteiger partial charge >= 0.3 is 12.0 Å². The molecule has 21 heavy (non-hydrogen) atoms. The average molecular weight is 299 g/mol. The van der Waals surface area contributed by atoms with Gasteiger partial charge in [0.05, 0.1) is 6.54 Å². The van der Waals surface area contributed by atoms with Gasteiger partial charge in [-0.3, -0.25) is 4.79 Å². The summed E-state index contributed by atoms with van der Waals surface area (Å²) >= 11 is 0. The Morgan fingerprint density at radius 1 is 1.33 bits per heavy atom. The zero-order valence-corrected chi connectivity index (χ0v) is 12.9. The van der Waals surface area contributed by atoms with Crippen LogP contribution in [-0.2, 0) is 9.59 Å². The first-order valence-electron chi connectivity index (χ1n) is 7.41. The van der Waals surface area contributed by atoms with Crippen LogP contribution in [0.5, 0.6) is 0 Å². The van der Waals surface area contributed by atoms with Gasteiger partial charge < -0.3 is 20.6 Å². The lowest BCUT2D eigenvalue weighted by molar-refractivity contribution is -0.148. The topological polar surface area (TPSA) is 98.7 Å². The van der Waals surface area contributed by atoms with Crippen molar-refractivity contribution in [3.8, 4) is 0 Å². The molecule has 1 heterocycles. The van der Waals surface area contributed by atoms with Crippen molar-refractivity contribution in [2.24, 2.45) is 0 Å². The van der Waals surface area contributed by atoms with Gasteiger partial charge in [-0.25, -0.2) is 9.59 Å². The second-order valence-electron chi connectivity index (χ2n) is 5.72. The van der Waals surface area contributed by atoms with E-state index < -0.39 is 17.5 Å². The molecule has 7 heteroatoms. The van der Waals surface area contributed by atoms with Gasteiger partial charge in [0.25, 0.3) is 0 Å². The fourth-order valence-electron chi connectivity index (χ4n) is 2.80. The third-order valence-corrected chi connectivity index (χ3v) is 3.65. The molecule has 1 aliphatic heterocycles. The zero-order chi connectivity index (χ0) is 16.0. The van der Waals surface area contributed by atoms with Crippen LogP contribution in [-0.4, -0.2) is 52.6 Å². The van der Waals surface area contributed by atoms with Gasteiger partial charge in [0, 0.05) is 12.6 Å². The molecule has 1 fully saturated rings. The van der Waals surface area contributed by atoms with Crippen LogP contribution in [0, 0.1) is 0 Å². The minimum atomic E-state index is -1.13. The van der Waals surface area contributed by atoms with Gasteiger partial charge in [-0.2, -0.15) is 0 Å². The number of aliphatic carboxylic acids is 1. The molecular weight excluding hydrogens is 274 g/mol. The van der Waals surface area contributed by atoms with E-state index in [9.17, 15) is 19.5 Å². The molecule has 0 aromatic carbocycles. The first kappa shape index (κ1) is 17.3. The van der Waals surface area contributed by atoms with E-state index in [-0.39, 0.29) is 18.5 Å². The van der Waals surface area contributed by atoms with E-state index in [1.54, 1.807) is 0 Å². The molecule has 7 nitrogen and oxygen atoms in total. The highest BCUT2D eigenvalue weighted by Crippen LogP contribution is 2.33. The molecule has 0 radical (unpaired) electrons. The maximum Gasteiger partial charge on any atom is 0.329 e. The third kappa shape index (κ3) is 4.09. The summed E-state index contributed by atoms with van der Waals surface area (Å²) in [7, 11) is 0. The summed E-state index contributed by atoms with van der Waals surface area (Å²) in [5.74, 6) is -1.25. The van der Waals surface area contributed by atoms with Crippen molar-refractivity contribution in [3.63, 3.8) is 0 Å². The van der Waals surface area contributed by atoms with Crippen LogP contribution in [0.25, 0.3) is 0 Å². The van der Waals surface area contributed by atoms with E-state index in [0.29, 0.717) is 32.2 Å². The predicted octanol–water partition coefficient (Wildman–Crippen LogP) is 0.940. The fourth-order valence-corrected chi connectivity index (χ4v) is 2.80. The Morgan fingerprint density at radius 3 is 2.52 bits per heavy atom. The molecule has 0 aliphatic carbocycles. The number of hydrogen-bond donors (Lipinski definition) is 3. The Morgan fingerprint density at radius 2 is 2.00 bits per heavy atom. The van der Waals surface area contributed by atoms with E-state index in [0.717, 1.165) is 0 Å². The van der Waals surface area contributed by atoms with Gasteiger partial charge in [-0.15, -0.1) is 0 Å². The summed E-state index contributed by atoms with van der Waals surface area (Å²) in [5.41, 5.74) is -1.13. The normalized spacial score (nSPS) is 21.4. The molecule has 0 aromatic heterocycles. The number of nitrogens with one attached hydrogen (secondary N) is 2. The first-order chi connectivity index (χ1) is 9.83. The first-order valence-corrected chi connectivity index (χ1v) is 7.41. The molecule has 0 saturated carbocycles. The Labute approximate surface area is 125 Å². The molecule has 1 rings (SSSR count). The number of amides is 3. The van der Waals surface area contributed by atoms with Crippen molar-refractivity contribution in [3.05, 3.63) is 0 Å². The number of nitrogens with zero attached hydrogens (tertiary/aromatic N) is 1. The zero-order valence-electron chi connectivity index (χ0n) is 12.9. The van der Waals surface area contributed by atoms with Gasteiger partial charge in [0.2, 0.25) is 5.91 Å². The number of urea groups is 1. The number of rotatable bonds is 6. The molecule has 1 saturated heterocycles. The smallest absolute Gasteiger partial charge is 0.329 e. The predicted molar refractivity (Wildman–Crippen MR) is 77.9 cm³/mol. The van der Waals surface area contributed by atoms with E-state index >= 15 is 0 Å². The van der Waals surface area contributed by atoms with Crippen molar-refractivity contribution in [2.45, 2.75) is 58.0 Å². The van der Waals surface area contributed by atoms with Gasteiger partial charge in [-0.1, -0.05) is 13.3 Å². The summed E-state index contributed by atoms with van der Waals surface area (Å²) < 4.78 is 0. The Hall–Kier alpha value is -1.79. The van der Waals surface area contributed by atoms with Gasteiger partial charge in [-0.05, 0) is 33.1 Å². The van der Waals surface area contributed by atoms with Crippen molar-refractivity contribution in [2.75, 3.05) is 13.1 Å². The molecule has 3 amide bonds. The molecule has 120 valence electrons. The Bertz CT molecular complexity index is 411. The van der Waals surface area contributed by atoms with Crippen LogP contribution in [0.4, 0.5) is 4.79 Å². The van der Waals surface area contributed by atoms with Crippen molar-refractivity contribution in [1.82, 2.24) is 15.5 Å². The number of carbonyl (C=O) groups is 3. The molecular formula is C14H25N3O4. The lowest BCUT2D eigenvalue weighted by atomic mass is 9.91. The second kappa shape index (κ2) is 7.28. The number of carboxylic acids is 1. The summed E-state index contributed by atoms with van der Waals surface area (Å²) in [5, 5.41) is 14.7. The number of hydrogen-bond acceptors (Lipinski definition) is 3. The summed E-state index contributed by atoms with van der Waals surface area (Å²) in [6.07, 6.45) is 2.23. The molecule has 1 aliphatic rings. The van der Waals surface area contributed by atoms with Crippen molar-refractivity contribution >= 4 is 17.9 Å². The highest BCUT2D eigenvalue weighted by Gasteiger charge is 2.49. The largest absolute Gasteiger partial charge is 0.479 e. The van der Waals surface area contributed by atoms with E-state index in [2.05, 4.69) is 10.6 Å². The SMILES string of the molecule is CCCC1(C(=O)O)CCCN1C(=O)NCC(=O)NC(C)C. The average Bonchev–Trinajstić information content (AvgIpc) is 2.80. The quantitative estimate of drug-likeness (QED) is 0.679. The van der Waals surface area contributed by atoms with E-state index in [4.69, 9.17) is 0 Å². The molecule has 1 unspecified atom stereocenters. The molecule has 0 aromatic rings. The Balaban J connectivity index is 2.67. The minimum absolute atomic E-state index is 0.000564. The Kier molecular flexibility index (Phi) is 5.99. The van der Waals surface area contributed by atoms with Crippen LogP contribution in [0.15, 0.2) is 0 Å². The summed E-state index contributed by atoms with van der Waals surface area (Å²) in [6, 6.07) is -0.485. The molecule has 1 atom stereocenters. The van der Waals surface area contributed by atoms with Crippen molar-refractivity contribution in [1.29, 1.82) is 0 Å². The van der Waals surface area contributed by atoms with Gasteiger partial charge in [0.1, 0.15) is 5.54 Å². The fraction of sp³-hybridized carbons (Fsp3) is 0.786. The van der Waals surface area contributed by atoms with E-state index in [1.807, 2.05) is 20.8 Å². The van der Waals surface area contributed by atoms with Crippen LogP contribution in [0.3, 0.4) is 0 Å². The summed E-state index contributed by atoms with van der Waals surface area (Å²) in [6.45, 7) is 5.82. The van der Waals surface area contributed by atoms with Crippen LogP contribution in [0.1, 0.15) is 46.5 Å². The third-order valence-electron chi connectivity index (χ3n) is 3.65. The molecule has 0 bridgehead atoms. The molecule has 0 spiro atoms. The highest BCUT2D eigenvalue weighted by atomic mass is 16.4. The summed E-state index contributed by atoms with van der Waals surface area (Å²) in [4.78, 5) is 36.7. The number of likely N-dealkylation sites (tertiary alicyclic amines) is 1. The van der Waals surface area contributed by atoms with Gasteiger partial charge in [0.15, 0.2) is 0 Å². The maximum atomic E-state index is 12.2. The highest BCUT2D eigenvalue weighted by molar-refractivity contribution is 5.89. The lowest BCUT2D eigenvalue weighted by Crippen LogP contribution is -2.56.